The monoisotopic (exact) mass is 463 g/mol. The highest BCUT2D eigenvalue weighted by Gasteiger charge is 2.38. The maximum absolute atomic E-state index is 13.3. The molecule has 1 saturated heterocycles. The molecule has 0 spiro atoms. The minimum Gasteiger partial charge on any atom is -0.334 e. The maximum Gasteiger partial charge on any atom is 0.254 e. The number of nitrogens with zero attached hydrogens (tertiary/aromatic N) is 3. The van der Waals surface area contributed by atoms with E-state index in [0.29, 0.717) is 18.9 Å². The SMILES string of the molecule is Cl.O=C1c2ccccc2CN1CC1CCN(CC(=O)C2(Cc3ccccc3)C=CC=N2)CC1. The quantitative estimate of drug-likeness (QED) is 0.624. The number of fused-ring (bicyclic) bond motifs is 1. The standard InChI is InChI=1S/C27H29N3O2.ClH/c31-25(27(13-6-14-28-27)17-21-7-2-1-3-8-21)20-29-15-11-22(12-16-29)18-30-19-23-9-4-5-10-24(23)26(30)32;/h1-10,13-14,22H,11-12,15-20H2;1H. The van der Waals surface area contributed by atoms with E-state index in [1.807, 2.05) is 59.5 Å². The summed E-state index contributed by atoms with van der Waals surface area (Å²) >= 11 is 0. The lowest BCUT2D eigenvalue weighted by atomic mass is 9.86. The number of carbonyl (C=O) groups excluding carboxylic acids is 2. The molecule has 172 valence electrons. The van der Waals surface area contributed by atoms with E-state index in [1.54, 1.807) is 6.21 Å². The molecule has 0 radical (unpaired) electrons. The first-order valence-corrected chi connectivity index (χ1v) is 11.5. The molecule has 5 rings (SSSR count). The molecule has 0 saturated carbocycles. The maximum atomic E-state index is 13.3. The molecule has 3 aliphatic rings. The largest absolute Gasteiger partial charge is 0.334 e. The van der Waals surface area contributed by atoms with Crippen molar-refractivity contribution < 1.29 is 9.59 Å². The highest BCUT2D eigenvalue weighted by molar-refractivity contribution is 5.98. The van der Waals surface area contributed by atoms with Crippen LogP contribution in [0.4, 0.5) is 0 Å². The lowest BCUT2D eigenvalue weighted by molar-refractivity contribution is -0.124. The third kappa shape index (κ3) is 4.94. The summed E-state index contributed by atoms with van der Waals surface area (Å²) in [5, 5.41) is 0. The summed E-state index contributed by atoms with van der Waals surface area (Å²) in [5.74, 6) is 0.809. The van der Waals surface area contributed by atoms with Crippen LogP contribution < -0.4 is 0 Å². The number of rotatable bonds is 7. The summed E-state index contributed by atoms with van der Waals surface area (Å²) in [6, 6.07) is 18.0. The van der Waals surface area contributed by atoms with Gasteiger partial charge in [0, 0.05) is 31.3 Å². The molecular weight excluding hydrogens is 434 g/mol. The number of Topliss-reactive ketones (excluding diaryl/α,β-unsaturated/α-hetero) is 1. The zero-order chi connectivity index (χ0) is 22.0. The summed E-state index contributed by atoms with van der Waals surface area (Å²) in [6.45, 7) is 3.73. The van der Waals surface area contributed by atoms with Crippen molar-refractivity contribution in [3.63, 3.8) is 0 Å². The van der Waals surface area contributed by atoms with Gasteiger partial charge in [-0.2, -0.15) is 0 Å². The van der Waals surface area contributed by atoms with Crippen molar-refractivity contribution in [2.75, 3.05) is 26.2 Å². The molecule has 0 bridgehead atoms. The predicted octanol–water partition coefficient (Wildman–Crippen LogP) is 3.97. The summed E-state index contributed by atoms with van der Waals surface area (Å²) in [7, 11) is 0. The Balaban J connectivity index is 0.00000259. The minimum absolute atomic E-state index is 0. The van der Waals surface area contributed by atoms with E-state index in [-0.39, 0.29) is 24.1 Å². The third-order valence-electron chi connectivity index (χ3n) is 7.01. The van der Waals surface area contributed by atoms with Gasteiger partial charge in [-0.3, -0.25) is 19.5 Å². The molecule has 33 heavy (non-hydrogen) atoms. The van der Waals surface area contributed by atoms with E-state index in [9.17, 15) is 9.59 Å². The van der Waals surface area contributed by atoms with Crippen molar-refractivity contribution in [2.24, 2.45) is 10.9 Å². The Bertz CT molecular complexity index is 1050. The van der Waals surface area contributed by atoms with Crippen molar-refractivity contribution in [1.29, 1.82) is 0 Å². The van der Waals surface area contributed by atoms with Crippen LogP contribution in [0, 0.1) is 5.92 Å². The van der Waals surface area contributed by atoms with Gasteiger partial charge in [-0.05, 0) is 61.2 Å². The van der Waals surface area contributed by atoms with Crippen LogP contribution in [0.3, 0.4) is 0 Å². The molecule has 1 atom stereocenters. The van der Waals surface area contributed by atoms with Gasteiger partial charge >= 0.3 is 0 Å². The van der Waals surface area contributed by atoms with Crippen LogP contribution in [-0.2, 0) is 17.8 Å². The number of allylic oxidation sites excluding steroid dienone is 1. The molecule has 0 aliphatic carbocycles. The normalized spacial score (nSPS) is 22.4. The minimum atomic E-state index is -0.772. The zero-order valence-electron chi connectivity index (χ0n) is 18.7. The molecule has 1 fully saturated rings. The van der Waals surface area contributed by atoms with Crippen molar-refractivity contribution in [2.45, 2.75) is 31.3 Å². The Morgan fingerprint density at radius 1 is 1.03 bits per heavy atom. The van der Waals surface area contributed by atoms with Gasteiger partial charge in [0.2, 0.25) is 0 Å². The number of piperidine rings is 1. The molecule has 0 aromatic heterocycles. The van der Waals surface area contributed by atoms with Gasteiger partial charge in [0.25, 0.3) is 5.91 Å². The van der Waals surface area contributed by atoms with Crippen LogP contribution in [0.1, 0.15) is 34.3 Å². The van der Waals surface area contributed by atoms with Crippen LogP contribution in [0.15, 0.2) is 71.7 Å². The second kappa shape index (κ2) is 10.0. The molecule has 2 aromatic carbocycles. The molecule has 3 aliphatic heterocycles. The summed E-state index contributed by atoms with van der Waals surface area (Å²) in [4.78, 5) is 34.8. The predicted molar refractivity (Wildman–Crippen MR) is 133 cm³/mol. The highest BCUT2D eigenvalue weighted by atomic mass is 35.5. The summed E-state index contributed by atoms with van der Waals surface area (Å²) in [6.07, 6.45) is 8.21. The topological polar surface area (TPSA) is 53.0 Å². The number of hydrogen-bond acceptors (Lipinski definition) is 4. The Kier molecular flexibility index (Phi) is 7.11. The van der Waals surface area contributed by atoms with E-state index >= 15 is 0 Å². The van der Waals surface area contributed by atoms with E-state index < -0.39 is 5.54 Å². The Morgan fingerprint density at radius 3 is 2.45 bits per heavy atom. The average molecular weight is 464 g/mol. The first-order valence-electron chi connectivity index (χ1n) is 11.5. The third-order valence-corrected chi connectivity index (χ3v) is 7.01. The molecule has 1 amide bonds. The lowest BCUT2D eigenvalue weighted by Crippen LogP contribution is -2.46. The highest BCUT2D eigenvalue weighted by Crippen LogP contribution is 2.28. The number of ketones is 1. The molecule has 0 N–H and O–H groups in total. The van der Waals surface area contributed by atoms with Crippen LogP contribution in [0.2, 0.25) is 0 Å². The van der Waals surface area contributed by atoms with Crippen LogP contribution in [0.5, 0.6) is 0 Å². The number of likely N-dealkylation sites (tertiary alicyclic amines) is 1. The second-order valence-corrected chi connectivity index (χ2v) is 9.21. The lowest BCUT2D eigenvalue weighted by Gasteiger charge is -2.35. The number of benzene rings is 2. The van der Waals surface area contributed by atoms with Gasteiger partial charge in [0.15, 0.2) is 5.78 Å². The molecule has 5 nitrogen and oxygen atoms in total. The molecule has 2 aromatic rings. The Labute approximate surface area is 201 Å². The fourth-order valence-corrected chi connectivity index (χ4v) is 5.14. The first-order chi connectivity index (χ1) is 15.6. The first kappa shape index (κ1) is 23.4. The van der Waals surface area contributed by atoms with E-state index in [1.165, 1.54) is 0 Å². The fourth-order valence-electron chi connectivity index (χ4n) is 5.14. The van der Waals surface area contributed by atoms with Gasteiger partial charge in [-0.1, -0.05) is 48.5 Å². The fraction of sp³-hybridized carbons (Fsp3) is 0.370. The Hall–Kier alpha value is -2.76. The average Bonchev–Trinajstić information content (AvgIpc) is 3.42. The van der Waals surface area contributed by atoms with Gasteiger partial charge < -0.3 is 4.90 Å². The number of aliphatic imine (C=N–C) groups is 1. The van der Waals surface area contributed by atoms with Crippen molar-refractivity contribution in [3.05, 3.63) is 83.4 Å². The molecular formula is C27H30ClN3O2. The van der Waals surface area contributed by atoms with E-state index in [4.69, 9.17) is 0 Å². The number of carbonyl (C=O) groups is 2. The van der Waals surface area contributed by atoms with Crippen LogP contribution in [0.25, 0.3) is 0 Å². The van der Waals surface area contributed by atoms with Crippen molar-refractivity contribution in [3.8, 4) is 0 Å². The molecule has 6 heteroatoms. The summed E-state index contributed by atoms with van der Waals surface area (Å²) in [5.41, 5.74) is 2.34. The molecule has 3 heterocycles. The number of hydrogen-bond donors (Lipinski definition) is 0. The summed E-state index contributed by atoms with van der Waals surface area (Å²) < 4.78 is 0. The van der Waals surface area contributed by atoms with E-state index in [2.05, 4.69) is 22.0 Å². The van der Waals surface area contributed by atoms with Crippen LogP contribution >= 0.6 is 12.4 Å². The zero-order valence-corrected chi connectivity index (χ0v) is 19.5. The number of halogens is 1. The number of amides is 1. The Morgan fingerprint density at radius 2 is 1.76 bits per heavy atom. The van der Waals surface area contributed by atoms with Gasteiger partial charge in [0.05, 0.1) is 6.54 Å². The molecule has 1 unspecified atom stereocenters. The van der Waals surface area contributed by atoms with Crippen molar-refractivity contribution in [1.82, 2.24) is 9.80 Å². The van der Waals surface area contributed by atoms with Gasteiger partial charge in [-0.25, -0.2) is 0 Å². The van der Waals surface area contributed by atoms with Gasteiger partial charge in [-0.15, -0.1) is 12.4 Å². The van der Waals surface area contributed by atoms with Gasteiger partial charge in [0.1, 0.15) is 5.54 Å². The van der Waals surface area contributed by atoms with E-state index in [0.717, 1.165) is 55.7 Å². The second-order valence-electron chi connectivity index (χ2n) is 9.21. The van der Waals surface area contributed by atoms with Crippen LogP contribution in [-0.4, -0.2) is 59.4 Å². The smallest absolute Gasteiger partial charge is 0.254 e. The van der Waals surface area contributed by atoms with Crippen molar-refractivity contribution >= 4 is 30.3 Å².